The standard InChI is InChI=1S/C10H15N3O/c11-9-3-6-13(7-9)10(14)8-12-4-1-2-5-12/h1-2,4-5,9H,3,6-8,11H2/t9-/m1/s1. The van der Waals surface area contributed by atoms with Crippen molar-refractivity contribution in [1.82, 2.24) is 9.47 Å². The molecule has 0 bridgehead atoms. The first-order valence-corrected chi connectivity index (χ1v) is 4.90. The Kier molecular flexibility index (Phi) is 2.54. The number of likely N-dealkylation sites (tertiary alicyclic amines) is 1. The molecule has 0 radical (unpaired) electrons. The molecule has 4 heteroatoms. The molecule has 1 aromatic heterocycles. The lowest BCUT2D eigenvalue weighted by molar-refractivity contribution is -0.130. The molecule has 2 heterocycles. The van der Waals surface area contributed by atoms with Gasteiger partial charge in [0, 0.05) is 31.5 Å². The first-order valence-electron chi connectivity index (χ1n) is 4.90. The van der Waals surface area contributed by atoms with E-state index in [2.05, 4.69) is 0 Å². The highest BCUT2D eigenvalue weighted by atomic mass is 16.2. The predicted molar refractivity (Wildman–Crippen MR) is 53.6 cm³/mol. The van der Waals surface area contributed by atoms with Crippen molar-refractivity contribution in [1.29, 1.82) is 0 Å². The fraction of sp³-hybridized carbons (Fsp3) is 0.500. The molecule has 1 atom stereocenters. The third-order valence-corrected chi connectivity index (χ3v) is 2.56. The number of amides is 1. The number of hydrogen-bond acceptors (Lipinski definition) is 2. The van der Waals surface area contributed by atoms with Crippen LogP contribution >= 0.6 is 0 Å². The van der Waals surface area contributed by atoms with Crippen LogP contribution in [0.25, 0.3) is 0 Å². The number of rotatable bonds is 2. The van der Waals surface area contributed by atoms with Gasteiger partial charge in [0.15, 0.2) is 0 Å². The van der Waals surface area contributed by atoms with Gasteiger partial charge in [0.1, 0.15) is 6.54 Å². The van der Waals surface area contributed by atoms with Crippen LogP contribution in [0.15, 0.2) is 24.5 Å². The molecule has 0 aliphatic carbocycles. The summed E-state index contributed by atoms with van der Waals surface area (Å²) in [6.07, 6.45) is 4.72. The van der Waals surface area contributed by atoms with E-state index < -0.39 is 0 Å². The summed E-state index contributed by atoms with van der Waals surface area (Å²) in [5.41, 5.74) is 5.74. The van der Waals surface area contributed by atoms with Gasteiger partial charge in [0.05, 0.1) is 0 Å². The Bertz CT molecular complexity index is 307. The van der Waals surface area contributed by atoms with Crippen LogP contribution in [0.4, 0.5) is 0 Å². The van der Waals surface area contributed by atoms with E-state index in [1.165, 1.54) is 0 Å². The van der Waals surface area contributed by atoms with Gasteiger partial charge in [-0.15, -0.1) is 0 Å². The SMILES string of the molecule is N[C@@H]1CCN(C(=O)Cn2cccc2)C1. The summed E-state index contributed by atoms with van der Waals surface area (Å²) in [5, 5.41) is 0. The fourth-order valence-corrected chi connectivity index (χ4v) is 1.75. The van der Waals surface area contributed by atoms with Gasteiger partial charge in [-0.2, -0.15) is 0 Å². The second kappa shape index (κ2) is 3.84. The number of hydrogen-bond donors (Lipinski definition) is 1. The Labute approximate surface area is 83.3 Å². The maximum atomic E-state index is 11.7. The average Bonchev–Trinajstić information content (AvgIpc) is 2.75. The Morgan fingerprint density at radius 1 is 1.43 bits per heavy atom. The molecule has 0 spiro atoms. The van der Waals surface area contributed by atoms with Gasteiger partial charge < -0.3 is 15.2 Å². The second-order valence-corrected chi connectivity index (χ2v) is 3.74. The Hall–Kier alpha value is -1.29. The first kappa shape index (κ1) is 9.27. The number of aromatic nitrogens is 1. The first-order chi connectivity index (χ1) is 6.75. The van der Waals surface area contributed by atoms with E-state index in [0.29, 0.717) is 13.1 Å². The van der Waals surface area contributed by atoms with E-state index >= 15 is 0 Å². The van der Waals surface area contributed by atoms with Crippen LogP contribution in [-0.4, -0.2) is 34.5 Å². The van der Waals surface area contributed by atoms with Gasteiger partial charge in [-0.3, -0.25) is 4.79 Å². The average molecular weight is 193 g/mol. The largest absolute Gasteiger partial charge is 0.345 e. The van der Waals surface area contributed by atoms with Crippen molar-refractivity contribution < 1.29 is 4.79 Å². The van der Waals surface area contributed by atoms with E-state index in [9.17, 15) is 4.79 Å². The van der Waals surface area contributed by atoms with E-state index in [1.54, 1.807) is 0 Å². The lowest BCUT2D eigenvalue weighted by atomic mass is 10.3. The van der Waals surface area contributed by atoms with Crippen LogP contribution in [0.2, 0.25) is 0 Å². The molecule has 1 aromatic rings. The molecule has 14 heavy (non-hydrogen) atoms. The van der Waals surface area contributed by atoms with Crippen molar-refractivity contribution in [3.05, 3.63) is 24.5 Å². The molecule has 1 amide bonds. The highest BCUT2D eigenvalue weighted by Gasteiger charge is 2.23. The van der Waals surface area contributed by atoms with Gasteiger partial charge >= 0.3 is 0 Å². The van der Waals surface area contributed by atoms with E-state index in [-0.39, 0.29) is 11.9 Å². The zero-order valence-corrected chi connectivity index (χ0v) is 8.10. The zero-order valence-electron chi connectivity index (χ0n) is 8.10. The van der Waals surface area contributed by atoms with Crippen molar-refractivity contribution >= 4 is 5.91 Å². The highest BCUT2D eigenvalue weighted by Crippen LogP contribution is 2.07. The molecule has 1 aliphatic rings. The molecule has 76 valence electrons. The zero-order chi connectivity index (χ0) is 9.97. The van der Waals surface area contributed by atoms with Gasteiger partial charge in [-0.25, -0.2) is 0 Å². The quantitative estimate of drug-likeness (QED) is 0.721. The lowest BCUT2D eigenvalue weighted by Crippen LogP contribution is -2.34. The van der Waals surface area contributed by atoms with Crippen LogP contribution in [-0.2, 0) is 11.3 Å². The summed E-state index contributed by atoms with van der Waals surface area (Å²) < 4.78 is 1.88. The third kappa shape index (κ3) is 1.96. The minimum atomic E-state index is 0.161. The predicted octanol–water partition coefficient (Wildman–Crippen LogP) is 0.0477. The summed E-state index contributed by atoms with van der Waals surface area (Å²) in [7, 11) is 0. The van der Waals surface area contributed by atoms with E-state index in [0.717, 1.165) is 13.0 Å². The minimum absolute atomic E-state index is 0.161. The number of carbonyl (C=O) groups is 1. The van der Waals surface area contributed by atoms with Crippen LogP contribution in [0.1, 0.15) is 6.42 Å². The molecule has 1 saturated heterocycles. The molecule has 1 fully saturated rings. The smallest absolute Gasteiger partial charge is 0.242 e. The van der Waals surface area contributed by atoms with Crippen molar-refractivity contribution in [2.75, 3.05) is 13.1 Å². The Morgan fingerprint density at radius 3 is 2.71 bits per heavy atom. The lowest BCUT2D eigenvalue weighted by Gasteiger charge is -2.15. The van der Waals surface area contributed by atoms with Crippen LogP contribution in [0.5, 0.6) is 0 Å². The summed E-state index contributed by atoms with van der Waals surface area (Å²) in [6.45, 7) is 1.95. The maximum absolute atomic E-state index is 11.7. The van der Waals surface area contributed by atoms with Crippen molar-refractivity contribution in [2.24, 2.45) is 5.73 Å². The van der Waals surface area contributed by atoms with Crippen LogP contribution < -0.4 is 5.73 Å². The summed E-state index contributed by atoms with van der Waals surface area (Å²) >= 11 is 0. The molecule has 2 N–H and O–H groups in total. The molecule has 4 nitrogen and oxygen atoms in total. The molecule has 2 rings (SSSR count). The Morgan fingerprint density at radius 2 is 2.14 bits per heavy atom. The minimum Gasteiger partial charge on any atom is -0.345 e. The van der Waals surface area contributed by atoms with E-state index in [4.69, 9.17) is 5.73 Å². The summed E-state index contributed by atoms with van der Waals surface area (Å²) in [4.78, 5) is 13.5. The van der Waals surface area contributed by atoms with Gasteiger partial charge in [0.2, 0.25) is 5.91 Å². The van der Waals surface area contributed by atoms with Crippen molar-refractivity contribution in [3.8, 4) is 0 Å². The normalized spacial score (nSPS) is 21.5. The molecular weight excluding hydrogens is 178 g/mol. The number of nitrogens with two attached hydrogens (primary N) is 1. The molecule has 1 aliphatic heterocycles. The second-order valence-electron chi connectivity index (χ2n) is 3.74. The maximum Gasteiger partial charge on any atom is 0.242 e. The van der Waals surface area contributed by atoms with Gasteiger partial charge in [-0.05, 0) is 18.6 Å². The van der Waals surface area contributed by atoms with Gasteiger partial charge in [-0.1, -0.05) is 0 Å². The summed E-state index contributed by atoms with van der Waals surface area (Å²) in [6, 6.07) is 4.01. The topological polar surface area (TPSA) is 51.3 Å². The molecule has 0 unspecified atom stereocenters. The van der Waals surface area contributed by atoms with Crippen molar-refractivity contribution in [2.45, 2.75) is 19.0 Å². The number of nitrogens with zero attached hydrogens (tertiary/aromatic N) is 2. The van der Waals surface area contributed by atoms with Gasteiger partial charge in [0.25, 0.3) is 0 Å². The van der Waals surface area contributed by atoms with Crippen LogP contribution in [0, 0.1) is 0 Å². The summed E-state index contributed by atoms with van der Waals surface area (Å²) in [5.74, 6) is 0.161. The third-order valence-electron chi connectivity index (χ3n) is 2.56. The fourth-order valence-electron chi connectivity index (χ4n) is 1.75. The molecule has 0 saturated carbocycles. The number of carbonyl (C=O) groups excluding carboxylic acids is 1. The molecular formula is C10H15N3O. The Balaban J connectivity index is 1.90. The van der Waals surface area contributed by atoms with Crippen LogP contribution in [0.3, 0.4) is 0 Å². The monoisotopic (exact) mass is 193 g/mol. The highest BCUT2D eigenvalue weighted by molar-refractivity contribution is 5.76. The van der Waals surface area contributed by atoms with E-state index in [1.807, 2.05) is 34.0 Å². The van der Waals surface area contributed by atoms with Crippen molar-refractivity contribution in [3.63, 3.8) is 0 Å². The molecule has 0 aromatic carbocycles.